The van der Waals surface area contributed by atoms with Crippen LogP contribution >= 0.6 is 0 Å². The van der Waals surface area contributed by atoms with Gasteiger partial charge in [-0.15, -0.1) is 0 Å². The van der Waals surface area contributed by atoms with Gasteiger partial charge in [-0.2, -0.15) is 0 Å². The fraction of sp³-hybridized carbons (Fsp3) is 0.889. The Morgan fingerprint density at radius 3 is 1.73 bits per heavy atom. The second-order valence-corrected chi connectivity index (χ2v) is 2.56. The molecular weight excluding hydrogens is 140 g/mol. The van der Waals surface area contributed by atoms with Gasteiger partial charge < -0.3 is 9.47 Å². The Bertz CT molecular complexity index is 56.6. The summed E-state index contributed by atoms with van der Waals surface area (Å²) in [7, 11) is 3.48. The Morgan fingerprint density at radius 1 is 0.909 bits per heavy atom. The first-order chi connectivity index (χ1) is 5.41. The molecule has 0 unspecified atom stereocenters. The quantitative estimate of drug-likeness (QED) is 0.505. The molecule has 0 rings (SSSR count). The molecule has 1 radical (unpaired) electrons. The van der Waals surface area contributed by atoms with E-state index in [1.807, 2.05) is 0 Å². The minimum atomic E-state index is 0.876. The molecule has 0 heterocycles. The van der Waals surface area contributed by atoms with Crippen LogP contribution in [0.5, 0.6) is 0 Å². The molecule has 0 aliphatic heterocycles. The summed E-state index contributed by atoms with van der Waals surface area (Å²) in [5, 5.41) is 0. The number of methoxy groups -OCH3 is 2. The number of hydrogen-bond acceptors (Lipinski definition) is 2. The molecular formula is C9H19O2. The van der Waals surface area contributed by atoms with E-state index in [1.165, 1.54) is 0 Å². The van der Waals surface area contributed by atoms with Gasteiger partial charge in [0.2, 0.25) is 0 Å². The van der Waals surface area contributed by atoms with E-state index in [4.69, 9.17) is 9.47 Å². The standard InChI is InChI=1S/C9H19O2/c1-10-8-6-4-3-5-7-9-11-2/h3H,4-9H2,1-2H3. The Hall–Kier alpha value is -0.0800. The normalized spacial score (nSPS) is 10.4. The maximum atomic E-state index is 4.92. The van der Waals surface area contributed by atoms with Crippen LogP contribution in [0.4, 0.5) is 0 Å². The molecule has 0 aliphatic rings. The molecule has 0 amide bonds. The van der Waals surface area contributed by atoms with Gasteiger partial charge in [0.05, 0.1) is 0 Å². The Balaban J connectivity index is 2.69. The van der Waals surface area contributed by atoms with Crippen molar-refractivity contribution < 1.29 is 9.47 Å². The molecule has 0 saturated heterocycles. The molecule has 0 spiro atoms. The van der Waals surface area contributed by atoms with Gasteiger partial charge in [0, 0.05) is 27.4 Å². The first-order valence-corrected chi connectivity index (χ1v) is 4.21. The Morgan fingerprint density at radius 2 is 1.36 bits per heavy atom. The lowest BCUT2D eigenvalue weighted by atomic mass is 10.1. The molecule has 11 heavy (non-hydrogen) atoms. The maximum absolute atomic E-state index is 4.92. The average Bonchev–Trinajstić information content (AvgIpc) is 2.03. The predicted molar refractivity (Wildman–Crippen MR) is 46.5 cm³/mol. The number of hydrogen-bond donors (Lipinski definition) is 0. The third kappa shape index (κ3) is 9.92. The van der Waals surface area contributed by atoms with Gasteiger partial charge >= 0.3 is 0 Å². The predicted octanol–water partition coefficient (Wildman–Crippen LogP) is 2.04. The van der Waals surface area contributed by atoms with Gasteiger partial charge in [-0.1, -0.05) is 0 Å². The molecule has 67 valence electrons. The van der Waals surface area contributed by atoms with Crippen molar-refractivity contribution in [2.75, 3.05) is 27.4 Å². The van der Waals surface area contributed by atoms with Crippen molar-refractivity contribution in [1.82, 2.24) is 0 Å². The van der Waals surface area contributed by atoms with E-state index < -0.39 is 0 Å². The highest BCUT2D eigenvalue weighted by atomic mass is 16.5. The molecule has 0 fully saturated rings. The van der Waals surface area contributed by atoms with Crippen molar-refractivity contribution in [2.24, 2.45) is 0 Å². The lowest BCUT2D eigenvalue weighted by Crippen LogP contribution is -1.91. The zero-order chi connectivity index (χ0) is 8.36. The van der Waals surface area contributed by atoms with Gasteiger partial charge in [-0.25, -0.2) is 0 Å². The summed E-state index contributed by atoms with van der Waals surface area (Å²) in [5.41, 5.74) is 0. The average molecular weight is 159 g/mol. The van der Waals surface area contributed by atoms with Crippen LogP contribution in [-0.2, 0) is 9.47 Å². The van der Waals surface area contributed by atoms with Crippen molar-refractivity contribution in [2.45, 2.75) is 25.7 Å². The number of ether oxygens (including phenoxy) is 2. The summed E-state index contributed by atoms with van der Waals surface area (Å²) in [4.78, 5) is 0. The van der Waals surface area contributed by atoms with Crippen molar-refractivity contribution in [1.29, 1.82) is 0 Å². The molecule has 0 aromatic rings. The van der Waals surface area contributed by atoms with E-state index in [2.05, 4.69) is 6.42 Å². The zero-order valence-corrected chi connectivity index (χ0v) is 7.64. The Kier molecular flexibility index (Phi) is 9.85. The molecule has 2 nitrogen and oxygen atoms in total. The number of rotatable bonds is 8. The minimum Gasteiger partial charge on any atom is -0.385 e. The van der Waals surface area contributed by atoms with Crippen LogP contribution in [0.15, 0.2) is 0 Å². The molecule has 0 aromatic heterocycles. The SMILES string of the molecule is COCCC[CH]CCCOC. The summed E-state index contributed by atoms with van der Waals surface area (Å²) in [6.07, 6.45) is 6.92. The summed E-state index contributed by atoms with van der Waals surface area (Å²) >= 11 is 0. The molecule has 0 bridgehead atoms. The molecule has 0 aromatic carbocycles. The maximum Gasteiger partial charge on any atom is 0.0462 e. The van der Waals surface area contributed by atoms with Crippen LogP contribution in [0, 0.1) is 6.42 Å². The second-order valence-electron chi connectivity index (χ2n) is 2.56. The van der Waals surface area contributed by atoms with Gasteiger partial charge in [0.1, 0.15) is 0 Å². The first kappa shape index (κ1) is 10.9. The fourth-order valence-electron chi connectivity index (χ4n) is 0.888. The molecule has 0 N–H and O–H groups in total. The van der Waals surface area contributed by atoms with Crippen LogP contribution in [0.1, 0.15) is 25.7 Å². The van der Waals surface area contributed by atoms with Crippen LogP contribution in [0.3, 0.4) is 0 Å². The molecule has 2 heteroatoms. The highest BCUT2D eigenvalue weighted by Crippen LogP contribution is 2.01. The summed E-state index contributed by atoms with van der Waals surface area (Å²) in [5.74, 6) is 0. The van der Waals surface area contributed by atoms with Crippen molar-refractivity contribution in [3.05, 3.63) is 6.42 Å². The van der Waals surface area contributed by atoms with E-state index in [0.29, 0.717) is 0 Å². The lowest BCUT2D eigenvalue weighted by molar-refractivity contribution is 0.190. The fourth-order valence-corrected chi connectivity index (χ4v) is 0.888. The lowest BCUT2D eigenvalue weighted by Gasteiger charge is -1.99. The highest BCUT2D eigenvalue weighted by molar-refractivity contribution is 4.63. The van der Waals surface area contributed by atoms with Crippen molar-refractivity contribution in [3.8, 4) is 0 Å². The van der Waals surface area contributed by atoms with Gasteiger partial charge in [-0.3, -0.25) is 0 Å². The number of unbranched alkanes of at least 4 members (excludes halogenated alkanes) is 4. The minimum absolute atomic E-state index is 0.876. The first-order valence-electron chi connectivity index (χ1n) is 4.21. The second kappa shape index (κ2) is 9.92. The zero-order valence-electron chi connectivity index (χ0n) is 7.64. The van der Waals surface area contributed by atoms with E-state index in [1.54, 1.807) is 14.2 Å². The van der Waals surface area contributed by atoms with E-state index in [-0.39, 0.29) is 0 Å². The van der Waals surface area contributed by atoms with Crippen molar-refractivity contribution >= 4 is 0 Å². The highest BCUT2D eigenvalue weighted by Gasteiger charge is 1.89. The molecule has 0 atom stereocenters. The van der Waals surface area contributed by atoms with E-state index >= 15 is 0 Å². The third-order valence-corrected chi connectivity index (χ3v) is 1.51. The molecule has 0 aliphatic carbocycles. The van der Waals surface area contributed by atoms with Gasteiger partial charge in [-0.05, 0) is 32.1 Å². The largest absolute Gasteiger partial charge is 0.385 e. The van der Waals surface area contributed by atoms with Crippen LogP contribution < -0.4 is 0 Å². The van der Waals surface area contributed by atoms with E-state index in [9.17, 15) is 0 Å². The van der Waals surface area contributed by atoms with Crippen molar-refractivity contribution in [3.63, 3.8) is 0 Å². The Labute approximate surface area is 69.9 Å². The van der Waals surface area contributed by atoms with Crippen LogP contribution in [-0.4, -0.2) is 27.4 Å². The smallest absolute Gasteiger partial charge is 0.0462 e. The van der Waals surface area contributed by atoms with Crippen LogP contribution in [0.2, 0.25) is 0 Å². The molecule has 0 saturated carbocycles. The third-order valence-electron chi connectivity index (χ3n) is 1.51. The van der Waals surface area contributed by atoms with Gasteiger partial charge in [0.25, 0.3) is 0 Å². The van der Waals surface area contributed by atoms with E-state index in [0.717, 1.165) is 38.9 Å². The summed E-state index contributed by atoms with van der Waals surface area (Å²) < 4.78 is 9.85. The summed E-state index contributed by atoms with van der Waals surface area (Å²) in [6.45, 7) is 1.75. The van der Waals surface area contributed by atoms with Gasteiger partial charge in [0.15, 0.2) is 0 Å². The topological polar surface area (TPSA) is 18.5 Å². The summed E-state index contributed by atoms with van der Waals surface area (Å²) in [6, 6.07) is 0. The van der Waals surface area contributed by atoms with Crippen LogP contribution in [0.25, 0.3) is 0 Å². The monoisotopic (exact) mass is 159 g/mol.